The minimum atomic E-state index is -0.709. The molecule has 3 rings (SSSR count). The second-order valence-electron chi connectivity index (χ2n) is 6.10. The van der Waals surface area contributed by atoms with Crippen LogP contribution in [0, 0.1) is 11.8 Å². The third-order valence-corrected chi connectivity index (χ3v) is 4.87. The van der Waals surface area contributed by atoms with Crippen LogP contribution < -0.4 is 10.6 Å². The Kier molecular flexibility index (Phi) is 3.74. The monoisotopic (exact) mass is 279 g/mol. The predicted octanol–water partition coefficient (Wildman–Crippen LogP) is 0.623. The van der Waals surface area contributed by atoms with Gasteiger partial charge in [0.1, 0.15) is 5.92 Å². The van der Waals surface area contributed by atoms with E-state index < -0.39 is 23.8 Å². The Morgan fingerprint density at radius 1 is 0.950 bits per heavy atom. The largest absolute Gasteiger partial charge is 0.328 e. The van der Waals surface area contributed by atoms with Crippen molar-refractivity contribution in [2.75, 3.05) is 13.1 Å². The number of amides is 4. The summed E-state index contributed by atoms with van der Waals surface area (Å²) in [6.45, 7) is 2.28. The lowest BCUT2D eigenvalue weighted by molar-refractivity contribution is -0.137. The summed E-state index contributed by atoms with van der Waals surface area (Å²) >= 11 is 0. The highest BCUT2D eigenvalue weighted by Gasteiger charge is 2.40. The summed E-state index contributed by atoms with van der Waals surface area (Å²) in [7, 11) is 0. The second kappa shape index (κ2) is 5.52. The maximum absolute atomic E-state index is 11.8. The molecule has 0 aromatic carbocycles. The van der Waals surface area contributed by atoms with Gasteiger partial charge in [-0.1, -0.05) is 6.42 Å². The van der Waals surface area contributed by atoms with Crippen molar-refractivity contribution < 1.29 is 14.4 Å². The van der Waals surface area contributed by atoms with Crippen LogP contribution in [0.5, 0.6) is 0 Å². The number of fused-ring (bicyclic) bond motifs is 1. The molecule has 0 aromatic rings. The van der Waals surface area contributed by atoms with Gasteiger partial charge in [-0.15, -0.1) is 0 Å². The quantitative estimate of drug-likeness (QED) is 0.726. The van der Waals surface area contributed by atoms with Crippen molar-refractivity contribution >= 4 is 17.8 Å². The zero-order chi connectivity index (χ0) is 14.1. The zero-order valence-corrected chi connectivity index (χ0v) is 11.6. The van der Waals surface area contributed by atoms with E-state index in [1.807, 2.05) is 0 Å². The Balaban J connectivity index is 1.68. The first kappa shape index (κ1) is 13.5. The van der Waals surface area contributed by atoms with Gasteiger partial charge in [-0.2, -0.15) is 0 Å². The van der Waals surface area contributed by atoms with Crippen LogP contribution in [0.25, 0.3) is 0 Å². The molecule has 2 atom stereocenters. The van der Waals surface area contributed by atoms with Gasteiger partial charge in [-0.3, -0.25) is 20.2 Å². The van der Waals surface area contributed by atoms with Crippen LogP contribution in [-0.2, 0) is 9.59 Å². The average molecular weight is 279 g/mol. The number of rotatable bonds is 2. The lowest BCUT2D eigenvalue weighted by atomic mass is 9.78. The fraction of sp³-hybridized carbons (Fsp3) is 0.786. The van der Waals surface area contributed by atoms with E-state index in [1.54, 1.807) is 0 Å². The third kappa shape index (κ3) is 2.57. The molecule has 0 aliphatic carbocycles. The number of urea groups is 1. The van der Waals surface area contributed by atoms with Crippen LogP contribution >= 0.6 is 0 Å². The summed E-state index contributed by atoms with van der Waals surface area (Å²) in [5, 5.41) is 4.40. The fourth-order valence-electron chi connectivity index (χ4n) is 3.92. The lowest BCUT2D eigenvalue weighted by Gasteiger charge is -2.45. The molecule has 0 bridgehead atoms. The molecule has 0 aromatic heterocycles. The first-order valence-electron chi connectivity index (χ1n) is 7.55. The number of piperidine rings is 2. The summed E-state index contributed by atoms with van der Waals surface area (Å²) in [5.74, 6) is -1.20. The van der Waals surface area contributed by atoms with Gasteiger partial charge in [-0.25, -0.2) is 4.79 Å². The highest BCUT2D eigenvalue weighted by atomic mass is 16.2. The Morgan fingerprint density at radius 3 is 2.40 bits per heavy atom. The topological polar surface area (TPSA) is 78.5 Å². The average Bonchev–Trinajstić information content (AvgIpc) is 2.43. The Hall–Kier alpha value is -1.43. The van der Waals surface area contributed by atoms with Crippen LogP contribution in [0.4, 0.5) is 4.79 Å². The molecule has 3 aliphatic rings. The van der Waals surface area contributed by atoms with E-state index in [0.29, 0.717) is 18.4 Å². The smallest absolute Gasteiger partial charge is 0.300 e. The van der Waals surface area contributed by atoms with Crippen LogP contribution in [-0.4, -0.2) is 41.9 Å². The van der Waals surface area contributed by atoms with E-state index in [9.17, 15) is 14.4 Å². The third-order valence-electron chi connectivity index (χ3n) is 4.87. The molecule has 6 nitrogen and oxygen atoms in total. The SMILES string of the molecule is O=C1NC(=O)C(C[C@@H]2CCCN3CCCC[C@@H]23)C(=O)N1. The summed E-state index contributed by atoms with van der Waals surface area (Å²) < 4.78 is 0. The number of hydrogen-bond donors (Lipinski definition) is 2. The van der Waals surface area contributed by atoms with Crippen molar-refractivity contribution in [3.8, 4) is 0 Å². The number of hydrogen-bond acceptors (Lipinski definition) is 4. The fourth-order valence-corrected chi connectivity index (χ4v) is 3.92. The highest BCUT2D eigenvalue weighted by Crippen LogP contribution is 2.34. The maximum atomic E-state index is 11.8. The summed E-state index contributed by atoms with van der Waals surface area (Å²) in [5.41, 5.74) is 0. The van der Waals surface area contributed by atoms with Gasteiger partial charge in [0, 0.05) is 6.04 Å². The predicted molar refractivity (Wildman–Crippen MR) is 71.7 cm³/mol. The molecule has 3 fully saturated rings. The molecule has 0 spiro atoms. The molecule has 4 amide bonds. The number of imide groups is 2. The molecular weight excluding hydrogens is 258 g/mol. The number of nitrogens with one attached hydrogen (secondary N) is 2. The van der Waals surface area contributed by atoms with Gasteiger partial charge in [-0.05, 0) is 51.1 Å². The molecule has 3 aliphatic heterocycles. The molecule has 0 radical (unpaired) electrons. The number of carbonyl (C=O) groups excluding carboxylic acids is 3. The Labute approximate surface area is 118 Å². The molecule has 0 saturated carbocycles. The van der Waals surface area contributed by atoms with Gasteiger partial charge in [0.05, 0.1) is 0 Å². The molecule has 20 heavy (non-hydrogen) atoms. The van der Waals surface area contributed by atoms with Gasteiger partial charge in [0.2, 0.25) is 11.8 Å². The summed E-state index contributed by atoms with van der Waals surface area (Å²) in [6, 6.07) is -0.185. The molecule has 0 unspecified atom stereocenters. The van der Waals surface area contributed by atoms with Crippen LogP contribution in [0.15, 0.2) is 0 Å². The molecule has 110 valence electrons. The first-order valence-corrected chi connectivity index (χ1v) is 7.55. The van der Waals surface area contributed by atoms with Crippen molar-refractivity contribution in [1.82, 2.24) is 15.5 Å². The summed E-state index contributed by atoms with van der Waals surface area (Å²) in [6.07, 6.45) is 6.43. The van der Waals surface area contributed by atoms with Crippen molar-refractivity contribution in [3.05, 3.63) is 0 Å². The molecule has 2 N–H and O–H groups in total. The van der Waals surface area contributed by atoms with E-state index in [0.717, 1.165) is 25.9 Å². The van der Waals surface area contributed by atoms with E-state index >= 15 is 0 Å². The van der Waals surface area contributed by atoms with Crippen LogP contribution in [0.2, 0.25) is 0 Å². The molecular formula is C14H21N3O3. The Bertz CT molecular complexity index is 415. The van der Waals surface area contributed by atoms with E-state index in [4.69, 9.17) is 0 Å². The number of barbiturate groups is 1. The van der Waals surface area contributed by atoms with Crippen LogP contribution in [0.1, 0.15) is 38.5 Å². The maximum Gasteiger partial charge on any atom is 0.328 e. The van der Waals surface area contributed by atoms with Crippen molar-refractivity contribution in [1.29, 1.82) is 0 Å². The lowest BCUT2D eigenvalue weighted by Crippen LogP contribution is -2.57. The van der Waals surface area contributed by atoms with E-state index in [1.165, 1.54) is 19.3 Å². The number of carbonyl (C=O) groups is 3. The van der Waals surface area contributed by atoms with Gasteiger partial charge in [0.15, 0.2) is 0 Å². The van der Waals surface area contributed by atoms with Gasteiger partial charge in [0.25, 0.3) is 0 Å². The van der Waals surface area contributed by atoms with E-state index in [2.05, 4.69) is 15.5 Å². The van der Waals surface area contributed by atoms with Crippen molar-refractivity contribution in [3.63, 3.8) is 0 Å². The number of nitrogens with zero attached hydrogens (tertiary/aromatic N) is 1. The highest BCUT2D eigenvalue weighted by molar-refractivity contribution is 6.16. The second-order valence-corrected chi connectivity index (χ2v) is 6.10. The zero-order valence-electron chi connectivity index (χ0n) is 11.6. The van der Waals surface area contributed by atoms with E-state index in [-0.39, 0.29) is 0 Å². The first-order chi connectivity index (χ1) is 9.65. The van der Waals surface area contributed by atoms with Crippen molar-refractivity contribution in [2.24, 2.45) is 11.8 Å². The minimum absolute atomic E-state index is 0.388. The minimum Gasteiger partial charge on any atom is -0.300 e. The summed E-state index contributed by atoms with van der Waals surface area (Å²) in [4.78, 5) is 37.3. The van der Waals surface area contributed by atoms with Gasteiger partial charge < -0.3 is 4.90 Å². The molecule has 3 saturated heterocycles. The van der Waals surface area contributed by atoms with Crippen molar-refractivity contribution in [2.45, 2.75) is 44.6 Å². The Morgan fingerprint density at radius 2 is 1.65 bits per heavy atom. The molecule has 3 heterocycles. The van der Waals surface area contributed by atoms with Gasteiger partial charge >= 0.3 is 6.03 Å². The molecule has 6 heteroatoms. The normalized spacial score (nSPS) is 32.5. The standard InChI is InChI=1S/C14H21N3O3/c18-12-10(13(19)16-14(20)15-12)8-9-4-3-7-17-6-2-1-5-11(9)17/h9-11H,1-8H2,(H2,15,16,18,19,20)/t9-,11-/m0/s1. The van der Waals surface area contributed by atoms with Crippen LogP contribution in [0.3, 0.4) is 0 Å².